The van der Waals surface area contributed by atoms with Crippen molar-refractivity contribution in [3.63, 3.8) is 0 Å². The molecule has 0 aliphatic rings. The van der Waals surface area contributed by atoms with Gasteiger partial charge in [0, 0.05) is 7.11 Å². The molecule has 0 aliphatic heterocycles. The van der Waals surface area contributed by atoms with Gasteiger partial charge in [0.25, 0.3) is 0 Å². The van der Waals surface area contributed by atoms with E-state index in [0.29, 0.717) is 0 Å². The third kappa shape index (κ3) is 6.93. The molecular formula is C21H42N2OSi2. The Bertz CT molecular complexity index is 484. The van der Waals surface area contributed by atoms with Gasteiger partial charge >= 0.3 is 0 Å². The van der Waals surface area contributed by atoms with Crippen LogP contribution in [0.25, 0.3) is 0 Å². The lowest BCUT2D eigenvalue weighted by molar-refractivity contribution is 0.400. The van der Waals surface area contributed by atoms with Crippen LogP contribution in [-0.4, -0.2) is 61.1 Å². The number of nitrogens with zero attached hydrogens (tertiary/aromatic N) is 2. The lowest BCUT2D eigenvalue weighted by atomic mass is 10.1. The van der Waals surface area contributed by atoms with Crippen LogP contribution >= 0.6 is 0 Å². The first kappa shape index (κ1) is 23.6. The second-order valence-electron chi connectivity index (χ2n) is 8.56. The molecule has 0 unspecified atom stereocenters. The van der Waals surface area contributed by atoms with Crippen molar-refractivity contribution < 1.29 is 4.43 Å². The molecule has 0 atom stereocenters. The van der Waals surface area contributed by atoms with Crippen LogP contribution in [0.1, 0.15) is 38.5 Å². The Kier molecular flexibility index (Phi) is 10.3. The fourth-order valence-electron chi connectivity index (χ4n) is 3.94. The SMILES string of the molecule is CO[Si](C)(C)CCCCCCCC[Si](c1ccccc1)(N(C)C)N(C)C. The monoisotopic (exact) mass is 394 g/mol. The van der Waals surface area contributed by atoms with E-state index < -0.39 is 16.7 Å². The third-order valence-electron chi connectivity index (χ3n) is 5.82. The Balaban J connectivity index is 2.44. The van der Waals surface area contributed by atoms with Gasteiger partial charge in [0.05, 0.1) is 0 Å². The minimum atomic E-state index is -1.78. The Hall–Kier alpha value is -0.466. The molecule has 5 heteroatoms. The fourth-order valence-corrected chi connectivity index (χ4v) is 9.74. The van der Waals surface area contributed by atoms with Gasteiger partial charge in [-0.3, -0.25) is 0 Å². The van der Waals surface area contributed by atoms with E-state index in [0.717, 1.165) is 0 Å². The summed E-state index contributed by atoms with van der Waals surface area (Å²) in [4.78, 5) is 0. The predicted molar refractivity (Wildman–Crippen MR) is 121 cm³/mol. The summed E-state index contributed by atoms with van der Waals surface area (Å²) in [5, 5.41) is 1.53. The highest BCUT2D eigenvalue weighted by Crippen LogP contribution is 2.21. The van der Waals surface area contributed by atoms with Crippen LogP contribution in [0, 0.1) is 0 Å². The van der Waals surface area contributed by atoms with Crippen molar-refractivity contribution in [3.05, 3.63) is 30.3 Å². The first-order valence-corrected chi connectivity index (χ1v) is 15.4. The normalized spacial score (nSPS) is 13.0. The van der Waals surface area contributed by atoms with Crippen molar-refractivity contribution in [1.82, 2.24) is 9.13 Å². The first-order chi connectivity index (χ1) is 12.3. The van der Waals surface area contributed by atoms with E-state index in [1.54, 1.807) is 0 Å². The summed E-state index contributed by atoms with van der Waals surface area (Å²) in [7, 11) is 7.82. The van der Waals surface area contributed by atoms with E-state index in [2.05, 4.69) is 80.7 Å². The number of hydrogen-bond donors (Lipinski definition) is 0. The second-order valence-corrected chi connectivity index (χ2v) is 17.5. The lowest BCUT2D eigenvalue weighted by Gasteiger charge is -2.43. The number of unbranched alkanes of at least 4 members (excludes halogenated alkanes) is 5. The van der Waals surface area contributed by atoms with Gasteiger partial charge in [0.1, 0.15) is 0 Å². The molecule has 3 nitrogen and oxygen atoms in total. The quantitative estimate of drug-likeness (QED) is 0.358. The Morgan fingerprint density at radius 3 is 1.65 bits per heavy atom. The third-order valence-corrected chi connectivity index (χ3v) is 13.8. The summed E-state index contributed by atoms with van der Waals surface area (Å²) in [6, 6.07) is 13.8. The van der Waals surface area contributed by atoms with Gasteiger partial charge in [-0.2, -0.15) is 0 Å². The topological polar surface area (TPSA) is 15.7 Å². The zero-order chi connectivity index (χ0) is 19.6. The zero-order valence-electron chi connectivity index (χ0n) is 18.3. The van der Waals surface area contributed by atoms with Gasteiger partial charge in [0.15, 0.2) is 8.32 Å². The molecule has 26 heavy (non-hydrogen) atoms. The number of rotatable bonds is 13. The molecule has 0 amide bonds. The zero-order valence-corrected chi connectivity index (χ0v) is 20.3. The van der Waals surface area contributed by atoms with Crippen LogP contribution in [0.3, 0.4) is 0 Å². The molecule has 0 bridgehead atoms. The molecule has 0 saturated heterocycles. The van der Waals surface area contributed by atoms with Crippen LogP contribution < -0.4 is 5.19 Å². The molecule has 1 aromatic rings. The Morgan fingerprint density at radius 1 is 0.731 bits per heavy atom. The highest BCUT2D eigenvalue weighted by Gasteiger charge is 2.40. The minimum absolute atomic E-state index is 1.30. The van der Waals surface area contributed by atoms with Crippen LogP contribution in [0.15, 0.2) is 30.3 Å². The number of hydrogen-bond acceptors (Lipinski definition) is 3. The lowest BCUT2D eigenvalue weighted by Crippen LogP contribution is -2.68. The molecule has 150 valence electrons. The van der Waals surface area contributed by atoms with Crippen LogP contribution in [0.5, 0.6) is 0 Å². The van der Waals surface area contributed by atoms with Gasteiger partial charge in [-0.15, -0.1) is 0 Å². The van der Waals surface area contributed by atoms with Crippen molar-refractivity contribution in [2.24, 2.45) is 0 Å². The average Bonchev–Trinajstić information content (AvgIpc) is 2.60. The van der Waals surface area contributed by atoms with E-state index >= 15 is 0 Å². The molecule has 0 heterocycles. The van der Waals surface area contributed by atoms with Crippen LogP contribution in [0.4, 0.5) is 0 Å². The summed E-state index contributed by atoms with van der Waals surface area (Å²) in [6.45, 7) is 4.65. The molecule has 0 N–H and O–H groups in total. The van der Waals surface area contributed by atoms with Crippen molar-refractivity contribution in [2.45, 2.75) is 63.7 Å². The molecule has 0 aliphatic carbocycles. The van der Waals surface area contributed by atoms with E-state index in [9.17, 15) is 0 Å². The van der Waals surface area contributed by atoms with Crippen LogP contribution in [-0.2, 0) is 4.43 Å². The van der Waals surface area contributed by atoms with Gasteiger partial charge < -0.3 is 13.6 Å². The summed E-state index contributed by atoms with van der Waals surface area (Å²) in [5.41, 5.74) is 0. The van der Waals surface area contributed by atoms with Crippen molar-refractivity contribution >= 4 is 21.9 Å². The summed E-state index contributed by atoms with van der Waals surface area (Å²) < 4.78 is 10.7. The molecule has 0 aromatic heterocycles. The highest BCUT2D eigenvalue weighted by atomic mass is 28.4. The molecular weight excluding hydrogens is 352 g/mol. The Morgan fingerprint density at radius 2 is 1.19 bits per heavy atom. The van der Waals surface area contributed by atoms with E-state index in [1.165, 1.54) is 55.8 Å². The number of benzene rings is 1. The van der Waals surface area contributed by atoms with Gasteiger partial charge in [-0.05, 0) is 58.6 Å². The second kappa shape index (κ2) is 11.4. The van der Waals surface area contributed by atoms with Crippen molar-refractivity contribution in [3.8, 4) is 0 Å². The maximum absolute atomic E-state index is 5.64. The Labute approximate surface area is 165 Å². The maximum atomic E-state index is 5.64. The molecule has 0 spiro atoms. The fraction of sp³-hybridized carbons (Fsp3) is 0.714. The largest absolute Gasteiger partial charge is 0.420 e. The van der Waals surface area contributed by atoms with Gasteiger partial charge in [-0.1, -0.05) is 68.9 Å². The minimum Gasteiger partial charge on any atom is -0.420 e. The molecule has 1 rings (SSSR count). The van der Waals surface area contributed by atoms with E-state index in [4.69, 9.17) is 4.43 Å². The standard InChI is InChI=1S/C21H42N2OSi2/c1-22(2)26(23(3)4,21-17-13-12-14-18-21)20-16-11-9-8-10-15-19-25(6,7)24-5/h12-14,17-18H,8-11,15-16,19-20H2,1-7H3. The highest BCUT2D eigenvalue weighted by molar-refractivity contribution is 6.87. The maximum Gasteiger partial charge on any atom is 0.238 e. The molecule has 1 aromatic carbocycles. The van der Waals surface area contributed by atoms with Crippen molar-refractivity contribution in [2.75, 3.05) is 35.3 Å². The first-order valence-electron chi connectivity index (χ1n) is 10.2. The van der Waals surface area contributed by atoms with Gasteiger partial charge in [0.2, 0.25) is 8.40 Å². The summed E-state index contributed by atoms with van der Waals surface area (Å²) in [5.74, 6) is 0. The predicted octanol–water partition coefficient (Wildman–Crippen LogP) is 4.65. The van der Waals surface area contributed by atoms with E-state index in [-0.39, 0.29) is 0 Å². The summed E-state index contributed by atoms with van der Waals surface area (Å²) >= 11 is 0. The van der Waals surface area contributed by atoms with Crippen LogP contribution in [0.2, 0.25) is 25.2 Å². The average molecular weight is 395 g/mol. The molecule has 0 radical (unpaired) electrons. The van der Waals surface area contributed by atoms with E-state index in [1.807, 2.05) is 7.11 Å². The molecule has 0 saturated carbocycles. The smallest absolute Gasteiger partial charge is 0.238 e. The van der Waals surface area contributed by atoms with Gasteiger partial charge in [-0.25, -0.2) is 0 Å². The molecule has 0 fully saturated rings. The van der Waals surface area contributed by atoms with Crippen molar-refractivity contribution in [1.29, 1.82) is 0 Å². The summed E-state index contributed by atoms with van der Waals surface area (Å²) in [6.07, 6.45) is 8.13.